The molecule has 0 spiro atoms. The van der Waals surface area contributed by atoms with E-state index in [0.29, 0.717) is 0 Å². The topological polar surface area (TPSA) is 8.17 Å². The van der Waals surface area contributed by atoms with Crippen LogP contribution in [0.5, 0.6) is 0 Å². The monoisotopic (exact) mass is 294 g/mol. The third-order valence-corrected chi connectivity index (χ3v) is 3.58. The molecule has 0 bridgehead atoms. The fourth-order valence-corrected chi connectivity index (χ4v) is 2.59. The van der Waals surface area contributed by atoms with Crippen LogP contribution in [0.2, 0.25) is 0 Å². The van der Waals surface area contributed by atoms with Crippen molar-refractivity contribution in [1.82, 2.24) is 9.47 Å². The Morgan fingerprint density at radius 2 is 2.06 bits per heavy atom. The van der Waals surface area contributed by atoms with Crippen LogP contribution in [0.25, 0.3) is 10.9 Å². The lowest BCUT2D eigenvalue weighted by Gasteiger charge is -2.08. The van der Waals surface area contributed by atoms with Gasteiger partial charge in [-0.3, -0.25) is 0 Å². The predicted octanol–water partition coefficient (Wildman–Crippen LogP) is 3.44. The van der Waals surface area contributed by atoms with Crippen molar-refractivity contribution in [3.63, 3.8) is 0 Å². The number of hydrogen-bond acceptors (Lipinski definition) is 1. The molecule has 0 saturated carbocycles. The highest BCUT2D eigenvalue weighted by molar-refractivity contribution is 9.10. The maximum atomic E-state index is 3.55. The minimum absolute atomic E-state index is 1.14. The Balaban J connectivity index is 2.24. The first-order valence-electron chi connectivity index (χ1n) is 5.96. The molecule has 0 aliphatic rings. The maximum Gasteiger partial charge on any atom is 0.0481 e. The summed E-state index contributed by atoms with van der Waals surface area (Å²) in [4.78, 5) is 2.24. The Hall–Kier alpha value is -0.800. The van der Waals surface area contributed by atoms with Crippen molar-refractivity contribution in [2.45, 2.75) is 12.8 Å². The number of aromatic nitrogens is 1. The van der Waals surface area contributed by atoms with E-state index in [1.54, 1.807) is 0 Å². The fourth-order valence-electron chi connectivity index (χ4n) is 2.23. The summed E-state index contributed by atoms with van der Waals surface area (Å²) in [7, 11) is 6.37. The summed E-state index contributed by atoms with van der Waals surface area (Å²) in [6, 6.07) is 6.50. The summed E-state index contributed by atoms with van der Waals surface area (Å²) >= 11 is 3.55. The zero-order chi connectivity index (χ0) is 12.4. The minimum atomic E-state index is 1.14. The van der Waals surface area contributed by atoms with E-state index in [-0.39, 0.29) is 0 Å². The molecule has 0 atom stereocenters. The molecule has 17 heavy (non-hydrogen) atoms. The highest BCUT2D eigenvalue weighted by Gasteiger charge is 2.06. The smallest absolute Gasteiger partial charge is 0.0481 e. The van der Waals surface area contributed by atoms with Crippen LogP contribution in [0.1, 0.15) is 12.0 Å². The molecule has 0 saturated heterocycles. The Bertz CT molecular complexity index is 514. The van der Waals surface area contributed by atoms with E-state index in [1.165, 1.54) is 22.9 Å². The van der Waals surface area contributed by atoms with Crippen LogP contribution in [0, 0.1) is 0 Å². The number of nitrogens with zero attached hydrogens (tertiary/aromatic N) is 2. The largest absolute Gasteiger partial charge is 0.350 e. The van der Waals surface area contributed by atoms with Gasteiger partial charge in [0.1, 0.15) is 0 Å². The number of rotatable bonds is 4. The molecule has 1 heterocycles. The molecule has 3 heteroatoms. The Morgan fingerprint density at radius 1 is 1.29 bits per heavy atom. The molecule has 1 aromatic heterocycles. The van der Waals surface area contributed by atoms with Crippen LogP contribution < -0.4 is 0 Å². The van der Waals surface area contributed by atoms with Crippen LogP contribution in [-0.4, -0.2) is 30.1 Å². The van der Waals surface area contributed by atoms with Crippen LogP contribution in [0.3, 0.4) is 0 Å². The average Bonchev–Trinajstić information content (AvgIpc) is 2.55. The van der Waals surface area contributed by atoms with Crippen molar-refractivity contribution in [2.75, 3.05) is 20.6 Å². The average molecular weight is 295 g/mol. The van der Waals surface area contributed by atoms with Gasteiger partial charge in [0.05, 0.1) is 0 Å². The number of halogens is 1. The molecule has 0 fully saturated rings. The van der Waals surface area contributed by atoms with E-state index < -0.39 is 0 Å². The zero-order valence-corrected chi connectivity index (χ0v) is 12.3. The second-order valence-electron chi connectivity index (χ2n) is 4.83. The van der Waals surface area contributed by atoms with Crippen molar-refractivity contribution in [3.8, 4) is 0 Å². The highest BCUT2D eigenvalue weighted by Crippen LogP contribution is 2.25. The first-order chi connectivity index (χ1) is 8.08. The van der Waals surface area contributed by atoms with Crippen molar-refractivity contribution >= 4 is 26.8 Å². The first kappa shape index (κ1) is 12.7. The van der Waals surface area contributed by atoms with Gasteiger partial charge in [-0.1, -0.05) is 15.9 Å². The number of fused-ring (bicyclic) bond motifs is 1. The van der Waals surface area contributed by atoms with Crippen LogP contribution >= 0.6 is 15.9 Å². The van der Waals surface area contributed by atoms with Gasteiger partial charge < -0.3 is 9.47 Å². The van der Waals surface area contributed by atoms with Gasteiger partial charge in [-0.2, -0.15) is 0 Å². The van der Waals surface area contributed by atoms with Crippen LogP contribution in [0.15, 0.2) is 28.9 Å². The summed E-state index contributed by atoms with van der Waals surface area (Å²) in [5.41, 5.74) is 2.76. The van der Waals surface area contributed by atoms with Crippen molar-refractivity contribution < 1.29 is 0 Å². The van der Waals surface area contributed by atoms with E-state index in [0.717, 1.165) is 17.4 Å². The molecule has 0 radical (unpaired) electrons. The summed E-state index contributed by atoms with van der Waals surface area (Å²) in [6.45, 7) is 1.14. The molecule has 2 nitrogen and oxygen atoms in total. The third kappa shape index (κ3) is 2.90. The lowest BCUT2D eigenvalue weighted by Crippen LogP contribution is -2.13. The van der Waals surface area contributed by atoms with E-state index in [4.69, 9.17) is 0 Å². The summed E-state index contributed by atoms with van der Waals surface area (Å²) in [5, 5.41) is 1.38. The van der Waals surface area contributed by atoms with Crippen molar-refractivity contribution in [2.24, 2.45) is 7.05 Å². The van der Waals surface area contributed by atoms with Crippen molar-refractivity contribution in [3.05, 3.63) is 34.4 Å². The summed E-state index contributed by atoms with van der Waals surface area (Å²) in [6.07, 6.45) is 4.61. The normalized spacial score (nSPS) is 11.6. The molecule has 0 unspecified atom stereocenters. The third-order valence-electron chi connectivity index (χ3n) is 3.09. The van der Waals surface area contributed by atoms with Crippen molar-refractivity contribution in [1.29, 1.82) is 0 Å². The fraction of sp³-hybridized carbons (Fsp3) is 0.429. The molecule has 2 rings (SSSR count). The lowest BCUT2D eigenvalue weighted by atomic mass is 10.1. The van der Waals surface area contributed by atoms with E-state index >= 15 is 0 Å². The molecule has 0 aliphatic carbocycles. The van der Waals surface area contributed by atoms with Gasteiger partial charge in [0, 0.05) is 28.6 Å². The van der Waals surface area contributed by atoms with Gasteiger partial charge >= 0.3 is 0 Å². The molecule has 1 aromatic carbocycles. The number of benzene rings is 1. The molecule has 2 aromatic rings. The van der Waals surface area contributed by atoms with Gasteiger partial charge in [0.25, 0.3) is 0 Å². The maximum absolute atomic E-state index is 3.55. The molecular weight excluding hydrogens is 276 g/mol. The molecule has 92 valence electrons. The molecule has 0 aliphatic heterocycles. The molecular formula is C14H19BrN2. The Kier molecular flexibility index (Phi) is 3.89. The Labute approximate surface area is 111 Å². The quantitative estimate of drug-likeness (QED) is 0.839. The minimum Gasteiger partial charge on any atom is -0.350 e. The van der Waals surface area contributed by atoms with Gasteiger partial charge in [0.2, 0.25) is 0 Å². The summed E-state index contributed by atoms with van der Waals surface area (Å²) < 4.78 is 3.37. The van der Waals surface area contributed by atoms with Gasteiger partial charge in [0.15, 0.2) is 0 Å². The molecule has 0 amide bonds. The molecule has 0 N–H and O–H groups in total. The number of aryl methyl sites for hydroxylation is 2. The summed E-state index contributed by atoms with van der Waals surface area (Å²) in [5.74, 6) is 0. The Morgan fingerprint density at radius 3 is 2.76 bits per heavy atom. The van der Waals surface area contributed by atoms with Crippen LogP contribution in [0.4, 0.5) is 0 Å². The second-order valence-corrected chi connectivity index (χ2v) is 5.75. The van der Waals surface area contributed by atoms with Crippen LogP contribution in [-0.2, 0) is 13.5 Å². The van der Waals surface area contributed by atoms with Gasteiger partial charge in [-0.15, -0.1) is 0 Å². The number of hydrogen-bond donors (Lipinski definition) is 0. The highest BCUT2D eigenvalue weighted by atomic mass is 79.9. The van der Waals surface area contributed by atoms with Gasteiger partial charge in [-0.25, -0.2) is 0 Å². The van der Waals surface area contributed by atoms with E-state index in [9.17, 15) is 0 Å². The zero-order valence-electron chi connectivity index (χ0n) is 10.7. The predicted molar refractivity (Wildman–Crippen MR) is 77.5 cm³/mol. The van der Waals surface area contributed by atoms with E-state index in [1.807, 2.05) is 0 Å². The lowest BCUT2D eigenvalue weighted by molar-refractivity contribution is 0.400. The second kappa shape index (κ2) is 5.23. The standard InChI is InChI=1S/C14H19BrN2/c1-16(2)8-4-5-11-10-17(3)14-7-6-12(15)9-13(11)14/h6-7,9-10H,4-5,8H2,1-3H3. The SMILES string of the molecule is CN(C)CCCc1cn(C)c2ccc(Br)cc12. The van der Waals surface area contributed by atoms with E-state index in [2.05, 4.69) is 70.9 Å². The first-order valence-corrected chi connectivity index (χ1v) is 6.75. The van der Waals surface area contributed by atoms with Gasteiger partial charge in [-0.05, 0) is 57.2 Å².